The molecule has 0 saturated heterocycles. The SMILES string of the molecule is C=CC(C)=CCC=C(C)CCC(=O)O. The third-order valence-corrected chi connectivity index (χ3v) is 1.96. The van der Waals surface area contributed by atoms with E-state index < -0.39 is 5.97 Å². The monoisotopic (exact) mass is 194 g/mol. The second-order valence-corrected chi connectivity index (χ2v) is 3.33. The van der Waals surface area contributed by atoms with Gasteiger partial charge in [0.25, 0.3) is 0 Å². The van der Waals surface area contributed by atoms with Crippen LogP contribution >= 0.6 is 0 Å². The van der Waals surface area contributed by atoms with Gasteiger partial charge in [0, 0.05) is 6.42 Å². The van der Waals surface area contributed by atoms with Crippen molar-refractivity contribution in [3.8, 4) is 0 Å². The summed E-state index contributed by atoms with van der Waals surface area (Å²) in [7, 11) is 0. The Kier molecular flexibility index (Phi) is 6.46. The van der Waals surface area contributed by atoms with E-state index in [-0.39, 0.29) is 6.42 Å². The molecule has 0 aliphatic rings. The van der Waals surface area contributed by atoms with E-state index in [9.17, 15) is 4.79 Å². The fourth-order valence-electron chi connectivity index (χ4n) is 0.935. The van der Waals surface area contributed by atoms with E-state index in [0.717, 1.165) is 17.6 Å². The molecular formula is C12H18O2. The van der Waals surface area contributed by atoms with Crippen LogP contribution in [0.4, 0.5) is 0 Å². The lowest BCUT2D eigenvalue weighted by atomic mass is 10.1. The molecule has 0 amide bonds. The minimum absolute atomic E-state index is 0.215. The number of hydrogen-bond donors (Lipinski definition) is 1. The maximum absolute atomic E-state index is 10.3. The summed E-state index contributed by atoms with van der Waals surface area (Å²) >= 11 is 0. The van der Waals surface area contributed by atoms with E-state index in [1.54, 1.807) is 6.08 Å². The molecule has 2 nitrogen and oxygen atoms in total. The van der Waals surface area contributed by atoms with Crippen LogP contribution in [0.3, 0.4) is 0 Å². The third-order valence-electron chi connectivity index (χ3n) is 1.96. The summed E-state index contributed by atoms with van der Waals surface area (Å²) in [4.78, 5) is 10.3. The van der Waals surface area contributed by atoms with Crippen molar-refractivity contribution in [2.75, 3.05) is 0 Å². The topological polar surface area (TPSA) is 37.3 Å². The molecule has 0 aromatic carbocycles. The molecule has 0 spiro atoms. The van der Waals surface area contributed by atoms with Gasteiger partial charge in [-0.2, -0.15) is 0 Å². The smallest absolute Gasteiger partial charge is 0.303 e. The lowest BCUT2D eigenvalue weighted by molar-refractivity contribution is -0.136. The lowest BCUT2D eigenvalue weighted by Crippen LogP contribution is -1.93. The Hall–Kier alpha value is -1.31. The van der Waals surface area contributed by atoms with E-state index >= 15 is 0 Å². The molecule has 2 heteroatoms. The van der Waals surface area contributed by atoms with Crippen molar-refractivity contribution < 1.29 is 9.90 Å². The number of hydrogen-bond acceptors (Lipinski definition) is 1. The highest BCUT2D eigenvalue weighted by molar-refractivity contribution is 5.66. The first-order chi connectivity index (χ1) is 6.56. The average molecular weight is 194 g/mol. The largest absolute Gasteiger partial charge is 0.481 e. The summed E-state index contributed by atoms with van der Waals surface area (Å²) < 4.78 is 0. The van der Waals surface area contributed by atoms with E-state index in [4.69, 9.17) is 5.11 Å². The van der Waals surface area contributed by atoms with Crippen LogP contribution in [0.2, 0.25) is 0 Å². The molecule has 0 unspecified atom stereocenters. The summed E-state index contributed by atoms with van der Waals surface area (Å²) in [6.45, 7) is 7.60. The van der Waals surface area contributed by atoms with Crippen molar-refractivity contribution in [1.82, 2.24) is 0 Å². The van der Waals surface area contributed by atoms with E-state index in [0.29, 0.717) is 6.42 Å². The minimum atomic E-state index is -0.740. The van der Waals surface area contributed by atoms with Crippen molar-refractivity contribution in [1.29, 1.82) is 0 Å². The van der Waals surface area contributed by atoms with Gasteiger partial charge in [-0.3, -0.25) is 4.79 Å². The van der Waals surface area contributed by atoms with Crippen LogP contribution < -0.4 is 0 Å². The van der Waals surface area contributed by atoms with Crippen molar-refractivity contribution >= 4 is 5.97 Å². The molecule has 0 radical (unpaired) electrons. The normalized spacial score (nSPS) is 12.7. The summed E-state index contributed by atoms with van der Waals surface area (Å²) in [6.07, 6.45) is 7.62. The Balaban J connectivity index is 3.88. The van der Waals surface area contributed by atoms with E-state index in [2.05, 4.69) is 18.7 Å². The zero-order valence-corrected chi connectivity index (χ0v) is 8.92. The molecule has 0 aromatic rings. The van der Waals surface area contributed by atoms with Gasteiger partial charge in [0.05, 0.1) is 0 Å². The fourth-order valence-corrected chi connectivity index (χ4v) is 0.935. The third kappa shape index (κ3) is 7.35. The summed E-state index contributed by atoms with van der Waals surface area (Å²) in [5.74, 6) is -0.740. The number of carboxylic acids is 1. The first-order valence-electron chi connectivity index (χ1n) is 4.73. The molecular weight excluding hydrogens is 176 g/mol. The predicted molar refractivity (Wildman–Crippen MR) is 59.2 cm³/mol. The molecule has 0 aliphatic carbocycles. The Morgan fingerprint density at radius 3 is 2.43 bits per heavy atom. The maximum Gasteiger partial charge on any atom is 0.303 e. The van der Waals surface area contributed by atoms with E-state index in [1.165, 1.54) is 0 Å². The van der Waals surface area contributed by atoms with Crippen molar-refractivity contribution in [2.24, 2.45) is 0 Å². The number of rotatable bonds is 6. The van der Waals surface area contributed by atoms with Gasteiger partial charge >= 0.3 is 5.97 Å². The minimum Gasteiger partial charge on any atom is -0.481 e. The molecule has 0 rings (SSSR count). The van der Waals surface area contributed by atoms with Gasteiger partial charge in [0.2, 0.25) is 0 Å². The van der Waals surface area contributed by atoms with Crippen LogP contribution in [0.1, 0.15) is 33.1 Å². The summed E-state index contributed by atoms with van der Waals surface area (Å²) in [5, 5.41) is 8.46. The zero-order valence-electron chi connectivity index (χ0n) is 8.92. The maximum atomic E-state index is 10.3. The molecule has 0 atom stereocenters. The van der Waals surface area contributed by atoms with Gasteiger partial charge < -0.3 is 5.11 Å². The molecule has 78 valence electrons. The van der Waals surface area contributed by atoms with Gasteiger partial charge in [-0.1, -0.05) is 36.0 Å². The summed E-state index contributed by atoms with van der Waals surface area (Å²) in [5.41, 5.74) is 2.27. The van der Waals surface area contributed by atoms with Crippen LogP contribution in [-0.4, -0.2) is 11.1 Å². The van der Waals surface area contributed by atoms with Crippen LogP contribution in [0.15, 0.2) is 36.0 Å². The van der Waals surface area contributed by atoms with Crippen LogP contribution in [0.25, 0.3) is 0 Å². The highest BCUT2D eigenvalue weighted by Gasteiger charge is 1.96. The molecule has 14 heavy (non-hydrogen) atoms. The molecule has 0 aromatic heterocycles. The first-order valence-corrected chi connectivity index (χ1v) is 4.73. The Morgan fingerprint density at radius 1 is 1.29 bits per heavy atom. The van der Waals surface area contributed by atoms with Crippen molar-refractivity contribution in [3.05, 3.63) is 36.0 Å². The second kappa shape index (κ2) is 7.13. The molecule has 0 saturated carbocycles. The summed E-state index contributed by atoms with van der Waals surface area (Å²) in [6, 6.07) is 0. The standard InChI is InChI=1S/C12H18O2/c1-4-10(2)6-5-7-11(3)8-9-12(13)14/h4,6-7H,1,5,8-9H2,2-3H3,(H,13,14). The van der Waals surface area contributed by atoms with Crippen LogP contribution in [0.5, 0.6) is 0 Å². The van der Waals surface area contributed by atoms with Gasteiger partial charge in [-0.25, -0.2) is 0 Å². The predicted octanol–water partition coefficient (Wildman–Crippen LogP) is 3.32. The number of aliphatic carboxylic acids is 1. The molecule has 1 N–H and O–H groups in total. The number of allylic oxidation sites excluding steroid dienone is 5. The molecule has 0 bridgehead atoms. The highest BCUT2D eigenvalue weighted by atomic mass is 16.4. The molecule has 0 fully saturated rings. The van der Waals surface area contributed by atoms with Gasteiger partial charge in [-0.15, -0.1) is 0 Å². The average Bonchev–Trinajstić information content (AvgIpc) is 2.14. The van der Waals surface area contributed by atoms with E-state index in [1.807, 2.05) is 13.8 Å². The Labute approximate surface area is 85.6 Å². The Morgan fingerprint density at radius 2 is 1.93 bits per heavy atom. The van der Waals surface area contributed by atoms with Crippen LogP contribution in [-0.2, 0) is 4.79 Å². The van der Waals surface area contributed by atoms with Gasteiger partial charge in [0.1, 0.15) is 0 Å². The zero-order chi connectivity index (χ0) is 11.0. The highest BCUT2D eigenvalue weighted by Crippen LogP contribution is 2.06. The first kappa shape index (κ1) is 12.7. The second-order valence-electron chi connectivity index (χ2n) is 3.33. The number of carboxylic acid groups (broad SMARTS) is 1. The van der Waals surface area contributed by atoms with Crippen molar-refractivity contribution in [3.63, 3.8) is 0 Å². The molecule has 0 heterocycles. The van der Waals surface area contributed by atoms with Crippen molar-refractivity contribution in [2.45, 2.75) is 33.1 Å². The number of carbonyl (C=O) groups is 1. The lowest BCUT2D eigenvalue weighted by Gasteiger charge is -1.96. The Bertz CT molecular complexity index is 259. The molecule has 0 aliphatic heterocycles. The fraction of sp³-hybridized carbons (Fsp3) is 0.417. The van der Waals surface area contributed by atoms with Gasteiger partial charge in [0.15, 0.2) is 0 Å². The quantitative estimate of drug-likeness (QED) is 0.520. The van der Waals surface area contributed by atoms with Gasteiger partial charge in [-0.05, 0) is 26.7 Å². The van der Waals surface area contributed by atoms with Crippen LogP contribution in [0, 0.1) is 0 Å².